The van der Waals surface area contributed by atoms with Crippen LogP contribution >= 0.6 is 11.3 Å². The summed E-state index contributed by atoms with van der Waals surface area (Å²) in [6.07, 6.45) is 5.73. The van der Waals surface area contributed by atoms with E-state index in [1.54, 1.807) is 16.2 Å². The Morgan fingerprint density at radius 2 is 2.00 bits per heavy atom. The van der Waals surface area contributed by atoms with Gasteiger partial charge in [-0.3, -0.25) is 19.0 Å². The first-order valence-corrected chi connectivity index (χ1v) is 10.3. The number of fused-ring (bicyclic) bond motifs is 3. The molecule has 0 unspecified atom stereocenters. The summed E-state index contributed by atoms with van der Waals surface area (Å²) in [6.45, 7) is 4.86. The molecule has 1 amide bonds. The topological polar surface area (TPSA) is 81.5 Å². The molecule has 1 aliphatic carbocycles. The van der Waals surface area contributed by atoms with Crippen molar-refractivity contribution in [1.82, 2.24) is 14.5 Å². The fourth-order valence-electron chi connectivity index (χ4n) is 3.43. The first kappa shape index (κ1) is 19.5. The standard InChI is InChI=1S/C19H25N3O4S/c1-3-21(4-2)15(23)11-26-16(24)9-10-22-12-20-18-17(19(22)25)13-7-5-6-8-14(13)27-18/h12H,3-11H2,1-2H3. The lowest BCUT2D eigenvalue weighted by Gasteiger charge is -2.18. The number of aromatic nitrogens is 2. The lowest BCUT2D eigenvalue weighted by Crippen LogP contribution is -2.34. The molecule has 2 heterocycles. The Kier molecular flexibility index (Phi) is 6.26. The molecule has 0 radical (unpaired) electrons. The van der Waals surface area contributed by atoms with Crippen molar-refractivity contribution < 1.29 is 14.3 Å². The van der Waals surface area contributed by atoms with Gasteiger partial charge >= 0.3 is 5.97 Å². The summed E-state index contributed by atoms with van der Waals surface area (Å²) in [7, 11) is 0. The number of carbonyl (C=O) groups excluding carboxylic acids is 2. The normalized spacial score (nSPS) is 13.4. The Morgan fingerprint density at radius 3 is 2.74 bits per heavy atom. The molecule has 2 aromatic rings. The third-order valence-corrected chi connectivity index (χ3v) is 6.17. The van der Waals surface area contributed by atoms with Crippen molar-refractivity contribution in [3.63, 3.8) is 0 Å². The number of esters is 1. The predicted octanol–water partition coefficient (Wildman–Crippen LogP) is 2.14. The lowest BCUT2D eigenvalue weighted by atomic mass is 9.97. The van der Waals surface area contributed by atoms with Gasteiger partial charge in [0.1, 0.15) is 4.83 Å². The largest absolute Gasteiger partial charge is 0.456 e. The van der Waals surface area contributed by atoms with E-state index in [9.17, 15) is 14.4 Å². The number of ether oxygens (including phenoxy) is 1. The van der Waals surface area contributed by atoms with E-state index in [4.69, 9.17) is 4.74 Å². The smallest absolute Gasteiger partial charge is 0.308 e. The molecule has 0 aromatic carbocycles. The van der Waals surface area contributed by atoms with E-state index in [-0.39, 0.29) is 31.0 Å². The number of likely N-dealkylation sites (N-methyl/N-ethyl adjacent to an activating group) is 1. The number of amides is 1. The van der Waals surface area contributed by atoms with E-state index in [0.29, 0.717) is 18.5 Å². The van der Waals surface area contributed by atoms with E-state index in [1.165, 1.54) is 15.8 Å². The summed E-state index contributed by atoms with van der Waals surface area (Å²) in [6, 6.07) is 0. The molecule has 0 saturated carbocycles. The van der Waals surface area contributed by atoms with Gasteiger partial charge in [-0.15, -0.1) is 11.3 Å². The Morgan fingerprint density at radius 1 is 1.26 bits per heavy atom. The summed E-state index contributed by atoms with van der Waals surface area (Å²) in [5.41, 5.74) is 1.05. The fourth-order valence-corrected chi connectivity index (χ4v) is 4.65. The van der Waals surface area contributed by atoms with E-state index in [2.05, 4.69) is 4.98 Å². The Bertz CT molecular complexity index is 898. The van der Waals surface area contributed by atoms with Crippen molar-refractivity contribution in [3.05, 3.63) is 27.1 Å². The fraction of sp³-hybridized carbons (Fsp3) is 0.579. The minimum atomic E-state index is -0.491. The van der Waals surface area contributed by atoms with Gasteiger partial charge in [-0.1, -0.05) is 0 Å². The molecule has 146 valence electrons. The summed E-state index contributed by atoms with van der Waals surface area (Å²) in [5.74, 6) is -0.701. The average Bonchev–Trinajstić information content (AvgIpc) is 3.06. The van der Waals surface area contributed by atoms with Crippen LogP contribution in [0.2, 0.25) is 0 Å². The average molecular weight is 391 g/mol. The van der Waals surface area contributed by atoms with E-state index in [0.717, 1.165) is 36.1 Å². The zero-order valence-corrected chi connectivity index (χ0v) is 16.6. The van der Waals surface area contributed by atoms with Crippen LogP contribution in [0.3, 0.4) is 0 Å². The first-order valence-electron chi connectivity index (χ1n) is 9.48. The highest BCUT2D eigenvalue weighted by molar-refractivity contribution is 7.18. The molecule has 0 bridgehead atoms. The van der Waals surface area contributed by atoms with Crippen molar-refractivity contribution >= 4 is 33.4 Å². The molecule has 27 heavy (non-hydrogen) atoms. The molecule has 1 aliphatic rings. The molecule has 0 saturated heterocycles. The van der Waals surface area contributed by atoms with Crippen LogP contribution in [0.1, 0.15) is 43.6 Å². The highest BCUT2D eigenvalue weighted by Crippen LogP contribution is 2.33. The number of aryl methyl sites for hydroxylation is 3. The molecule has 3 rings (SSSR count). The van der Waals surface area contributed by atoms with Gasteiger partial charge in [0, 0.05) is 24.5 Å². The van der Waals surface area contributed by atoms with Crippen LogP contribution in [0.5, 0.6) is 0 Å². The van der Waals surface area contributed by atoms with Crippen molar-refractivity contribution in [3.8, 4) is 0 Å². The zero-order chi connectivity index (χ0) is 19.4. The van der Waals surface area contributed by atoms with Crippen molar-refractivity contribution in [2.45, 2.75) is 52.5 Å². The molecular formula is C19H25N3O4S. The summed E-state index contributed by atoms with van der Waals surface area (Å²) in [4.78, 5) is 44.7. The number of rotatable bonds is 7. The van der Waals surface area contributed by atoms with Crippen LogP contribution in [0.4, 0.5) is 0 Å². The third kappa shape index (κ3) is 4.21. The first-order chi connectivity index (χ1) is 13.0. The van der Waals surface area contributed by atoms with Crippen molar-refractivity contribution in [2.24, 2.45) is 0 Å². The minimum Gasteiger partial charge on any atom is -0.456 e. The predicted molar refractivity (Wildman–Crippen MR) is 104 cm³/mol. The number of nitrogens with zero attached hydrogens (tertiary/aromatic N) is 3. The Balaban J connectivity index is 1.63. The molecule has 0 atom stereocenters. The Labute approximate surface area is 161 Å². The monoisotopic (exact) mass is 391 g/mol. The maximum absolute atomic E-state index is 12.8. The summed E-state index contributed by atoms with van der Waals surface area (Å²) < 4.78 is 6.52. The number of hydrogen-bond donors (Lipinski definition) is 0. The SMILES string of the molecule is CCN(CC)C(=O)COC(=O)CCn1cnc2sc3c(c2c1=O)CCCC3. The zero-order valence-electron chi connectivity index (χ0n) is 15.8. The second-order valence-corrected chi connectivity index (χ2v) is 7.69. The van der Waals surface area contributed by atoms with Crippen LogP contribution in [0, 0.1) is 0 Å². The minimum absolute atomic E-state index is 0.0327. The second-order valence-electron chi connectivity index (χ2n) is 6.61. The molecule has 0 N–H and O–H groups in total. The van der Waals surface area contributed by atoms with Crippen LogP contribution in [-0.4, -0.2) is 46.0 Å². The number of carbonyl (C=O) groups is 2. The van der Waals surface area contributed by atoms with E-state index < -0.39 is 5.97 Å². The molecule has 2 aromatic heterocycles. The highest BCUT2D eigenvalue weighted by atomic mass is 32.1. The molecule has 7 nitrogen and oxygen atoms in total. The third-order valence-electron chi connectivity index (χ3n) is 4.97. The van der Waals surface area contributed by atoms with Gasteiger partial charge in [0.25, 0.3) is 11.5 Å². The summed E-state index contributed by atoms with van der Waals surface area (Å²) in [5, 5.41) is 0.710. The van der Waals surface area contributed by atoms with E-state index >= 15 is 0 Å². The quantitative estimate of drug-likeness (QED) is 0.676. The molecule has 0 fully saturated rings. The van der Waals surface area contributed by atoms with Gasteiger partial charge in [-0.25, -0.2) is 4.98 Å². The molecule has 0 spiro atoms. The van der Waals surface area contributed by atoms with Crippen molar-refractivity contribution in [1.29, 1.82) is 0 Å². The molecular weight excluding hydrogens is 366 g/mol. The maximum atomic E-state index is 12.8. The van der Waals surface area contributed by atoms with Gasteiger partial charge in [-0.2, -0.15) is 0 Å². The van der Waals surface area contributed by atoms with Gasteiger partial charge in [0.2, 0.25) is 0 Å². The summed E-state index contributed by atoms with van der Waals surface area (Å²) >= 11 is 1.61. The molecule has 0 aliphatic heterocycles. The van der Waals surface area contributed by atoms with Crippen molar-refractivity contribution in [2.75, 3.05) is 19.7 Å². The molecule has 8 heteroatoms. The van der Waals surface area contributed by atoms with Gasteiger partial charge < -0.3 is 9.64 Å². The maximum Gasteiger partial charge on any atom is 0.308 e. The van der Waals surface area contributed by atoms with Crippen LogP contribution in [0.25, 0.3) is 10.2 Å². The highest BCUT2D eigenvalue weighted by Gasteiger charge is 2.20. The van der Waals surface area contributed by atoms with Gasteiger partial charge in [0.15, 0.2) is 6.61 Å². The number of thiophene rings is 1. The van der Waals surface area contributed by atoms with Crippen LogP contribution < -0.4 is 5.56 Å². The lowest BCUT2D eigenvalue weighted by molar-refractivity contribution is -0.152. The van der Waals surface area contributed by atoms with Gasteiger partial charge in [-0.05, 0) is 45.1 Å². The Hall–Kier alpha value is -2.22. The van der Waals surface area contributed by atoms with Gasteiger partial charge in [0.05, 0.1) is 18.1 Å². The second kappa shape index (κ2) is 8.65. The van der Waals surface area contributed by atoms with Crippen LogP contribution in [0.15, 0.2) is 11.1 Å². The van der Waals surface area contributed by atoms with E-state index in [1.807, 2.05) is 13.8 Å². The number of hydrogen-bond acceptors (Lipinski definition) is 6. The van der Waals surface area contributed by atoms with Crippen LogP contribution in [-0.2, 0) is 33.7 Å².